The van der Waals surface area contributed by atoms with Crippen LogP contribution in [-0.4, -0.2) is 20.5 Å². The van der Waals surface area contributed by atoms with Crippen molar-refractivity contribution in [2.75, 3.05) is 5.73 Å². The van der Waals surface area contributed by atoms with E-state index in [1.807, 2.05) is 0 Å². The summed E-state index contributed by atoms with van der Waals surface area (Å²) in [7, 11) is 1.75. The maximum absolute atomic E-state index is 12.0. The van der Waals surface area contributed by atoms with Gasteiger partial charge in [-0.2, -0.15) is 5.10 Å². The van der Waals surface area contributed by atoms with E-state index in [1.54, 1.807) is 29.9 Å². The molecule has 0 amide bonds. The van der Waals surface area contributed by atoms with Crippen molar-refractivity contribution < 1.29 is 4.79 Å². The minimum absolute atomic E-state index is 0.0332. The van der Waals surface area contributed by atoms with Crippen molar-refractivity contribution in [2.24, 2.45) is 7.05 Å². The van der Waals surface area contributed by atoms with Crippen molar-refractivity contribution in [3.05, 3.63) is 40.4 Å². The number of carbonyl (C=O) groups is 1. The molecule has 0 fully saturated rings. The molecule has 0 saturated carbocycles. The Labute approximate surface area is 107 Å². The molecule has 1 aromatic heterocycles. The molecule has 0 aliphatic heterocycles. The first-order chi connectivity index (χ1) is 8.06. The quantitative estimate of drug-likeness (QED) is 0.689. The highest BCUT2D eigenvalue weighted by atomic mass is 79.9. The third-order valence-electron chi connectivity index (χ3n) is 2.37. The van der Waals surface area contributed by atoms with E-state index in [0.29, 0.717) is 17.1 Å². The Balaban J connectivity index is 2.23. The Morgan fingerprint density at radius 3 is 2.82 bits per heavy atom. The maximum atomic E-state index is 12.0. The van der Waals surface area contributed by atoms with Crippen LogP contribution < -0.4 is 5.73 Å². The van der Waals surface area contributed by atoms with E-state index >= 15 is 0 Å². The lowest BCUT2D eigenvalue weighted by Crippen LogP contribution is -2.09. The molecule has 0 unspecified atom stereocenters. The number of ketones is 1. The number of anilines is 1. The molecule has 6 heteroatoms. The second kappa shape index (κ2) is 4.67. The van der Waals surface area contributed by atoms with Crippen LogP contribution in [0.4, 0.5) is 5.69 Å². The second-order valence-corrected chi connectivity index (χ2v) is 4.59. The van der Waals surface area contributed by atoms with Crippen LogP contribution in [0.15, 0.2) is 29.0 Å². The molecule has 88 valence electrons. The summed E-state index contributed by atoms with van der Waals surface area (Å²) < 4.78 is 2.37. The first kappa shape index (κ1) is 11.8. The normalized spacial score (nSPS) is 10.5. The van der Waals surface area contributed by atoms with Crippen molar-refractivity contribution in [2.45, 2.75) is 6.42 Å². The molecule has 2 N–H and O–H groups in total. The van der Waals surface area contributed by atoms with Gasteiger partial charge in [-0.15, -0.1) is 0 Å². The SMILES string of the molecule is Cn1ncnc1CC(=O)c1cc(N)cc(Br)c1. The van der Waals surface area contributed by atoms with E-state index in [0.717, 1.165) is 4.47 Å². The molecule has 0 radical (unpaired) electrons. The van der Waals surface area contributed by atoms with Crippen LogP contribution >= 0.6 is 15.9 Å². The molecule has 0 aliphatic rings. The third-order valence-corrected chi connectivity index (χ3v) is 2.82. The largest absolute Gasteiger partial charge is 0.399 e. The molecule has 1 aromatic carbocycles. The van der Waals surface area contributed by atoms with E-state index in [9.17, 15) is 4.79 Å². The number of Topliss-reactive ketones (excluding diaryl/α,β-unsaturated/α-hetero) is 1. The highest BCUT2D eigenvalue weighted by Crippen LogP contribution is 2.18. The van der Waals surface area contributed by atoms with Gasteiger partial charge in [-0.1, -0.05) is 15.9 Å². The molecule has 2 aromatic rings. The Bertz CT molecular complexity index is 544. The zero-order chi connectivity index (χ0) is 12.4. The lowest BCUT2D eigenvalue weighted by atomic mass is 10.1. The summed E-state index contributed by atoms with van der Waals surface area (Å²) in [4.78, 5) is 16.0. The summed E-state index contributed by atoms with van der Waals surface area (Å²) in [6.45, 7) is 0. The molecule has 17 heavy (non-hydrogen) atoms. The fraction of sp³-hybridized carbons (Fsp3) is 0.182. The smallest absolute Gasteiger partial charge is 0.170 e. The van der Waals surface area contributed by atoms with Gasteiger partial charge in [0.15, 0.2) is 5.78 Å². The number of nitrogen functional groups attached to an aromatic ring is 1. The number of rotatable bonds is 3. The molecule has 0 atom stereocenters. The number of carbonyl (C=O) groups excluding carboxylic acids is 1. The molecule has 1 heterocycles. The van der Waals surface area contributed by atoms with E-state index < -0.39 is 0 Å². The van der Waals surface area contributed by atoms with Crippen molar-refractivity contribution in [3.8, 4) is 0 Å². The van der Waals surface area contributed by atoms with Crippen molar-refractivity contribution in [1.82, 2.24) is 14.8 Å². The van der Waals surface area contributed by atoms with Crippen LogP contribution in [0.2, 0.25) is 0 Å². The van der Waals surface area contributed by atoms with E-state index in [-0.39, 0.29) is 12.2 Å². The zero-order valence-electron chi connectivity index (χ0n) is 9.22. The van der Waals surface area contributed by atoms with Gasteiger partial charge in [-0.3, -0.25) is 9.48 Å². The van der Waals surface area contributed by atoms with Crippen LogP contribution in [0.3, 0.4) is 0 Å². The topological polar surface area (TPSA) is 73.8 Å². The van der Waals surface area contributed by atoms with Crippen molar-refractivity contribution in [3.63, 3.8) is 0 Å². The molecule has 0 aliphatic carbocycles. The fourth-order valence-electron chi connectivity index (χ4n) is 1.50. The summed E-state index contributed by atoms with van der Waals surface area (Å²) in [6.07, 6.45) is 1.64. The Hall–Kier alpha value is -1.69. The number of nitrogens with zero attached hydrogens (tertiary/aromatic N) is 3. The highest BCUT2D eigenvalue weighted by molar-refractivity contribution is 9.10. The number of nitrogens with two attached hydrogens (primary N) is 1. The van der Waals surface area contributed by atoms with Gasteiger partial charge in [0.1, 0.15) is 12.2 Å². The van der Waals surface area contributed by atoms with Gasteiger partial charge in [0.25, 0.3) is 0 Å². The number of benzene rings is 1. The number of hydrogen-bond donors (Lipinski definition) is 1. The average molecular weight is 295 g/mol. The molecule has 0 spiro atoms. The molecule has 2 rings (SSSR count). The molecular weight excluding hydrogens is 284 g/mol. The van der Waals surface area contributed by atoms with Gasteiger partial charge in [0.05, 0.1) is 6.42 Å². The Morgan fingerprint density at radius 1 is 1.47 bits per heavy atom. The number of aromatic nitrogens is 3. The first-order valence-electron chi connectivity index (χ1n) is 4.98. The maximum Gasteiger partial charge on any atom is 0.170 e. The second-order valence-electron chi connectivity index (χ2n) is 3.67. The van der Waals surface area contributed by atoms with Gasteiger partial charge in [-0.05, 0) is 18.2 Å². The van der Waals surface area contributed by atoms with Gasteiger partial charge in [0, 0.05) is 22.8 Å². The van der Waals surface area contributed by atoms with Crippen LogP contribution in [0.25, 0.3) is 0 Å². The first-order valence-corrected chi connectivity index (χ1v) is 5.77. The molecule has 0 bridgehead atoms. The molecule has 0 saturated heterocycles. The number of hydrogen-bond acceptors (Lipinski definition) is 4. The number of halogens is 1. The predicted molar refractivity (Wildman–Crippen MR) is 67.6 cm³/mol. The summed E-state index contributed by atoms with van der Waals surface area (Å²) >= 11 is 3.31. The monoisotopic (exact) mass is 294 g/mol. The number of aryl methyl sites for hydroxylation is 1. The standard InChI is InChI=1S/C11H11BrN4O/c1-16-11(14-6-15-16)5-10(17)7-2-8(12)4-9(13)3-7/h2-4,6H,5,13H2,1H3. The summed E-state index contributed by atoms with van der Waals surface area (Å²) in [6, 6.07) is 5.15. The van der Waals surface area contributed by atoms with E-state index in [2.05, 4.69) is 26.0 Å². The van der Waals surface area contributed by atoms with Crippen LogP contribution in [0.1, 0.15) is 16.2 Å². The van der Waals surface area contributed by atoms with Crippen molar-refractivity contribution in [1.29, 1.82) is 0 Å². The minimum Gasteiger partial charge on any atom is -0.399 e. The zero-order valence-corrected chi connectivity index (χ0v) is 10.8. The fourth-order valence-corrected chi connectivity index (χ4v) is 2.01. The minimum atomic E-state index is -0.0332. The van der Waals surface area contributed by atoms with Gasteiger partial charge in [-0.25, -0.2) is 4.98 Å². The molecular formula is C11H11BrN4O. The van der Waals surface area contributed by atoms with Crippen molar-refractivity contribution >= 4 is 27.4 Å². The average Bonchev–Trinajstić information content (AvgIpc) is 2.63. The highest BCUT2D eigenvalue weighted by Gasteiger charge is 2.11. The molecule has 5 nitrogen and oxygen atoms in total. The Kier molecular flexibility index (Phi) is 3.23. The summed E-state index contributed by atoms with van der Waals surface area (Å²) in [5.41, 5.74) is 6.81. The van der Waals surface area contributed by atoms with Crippen LogP contribution in [-0.2, 0) is 13.5 Å². The van der Waals surface area contributed by atoms with E-state index in [4.69, 9.17) is 5.73 Å². The van der Waals surface area contributed by atoms with Gasteiger partial charge in [0.2, 0.25) is 0 Å². The summed E-state index contributed by atoms with van der Waals surface area (Å²) in [5.74, 6) is 0.600. The Morgan fingerprint density at radius 2 is 2.24 bits per heavy atom. The summed E-state index contributed by atoms with van der Waals surface area (Å²) in [5, 5.41) is 3.92. The lowest BCUT2D eigenvalue weighted by molar-refractivity contribution is 0.0989. The van der Waals surface area contributed by atoms with Gasteiger partial charge < -0.3 is 5.73 Å². The van der Waals surface area contributed by atoms with E-state index in [1.165, 1.54) is 6.33 Å². The van der Waals surface area contributed by atoms with Crippen LogP contribution in [0, 0.1) is 0 Å². The van der Waals surface area contributed by atoms with Crippen LogP contribution in [0.5, 0.6) is 0 Å². The third kappa shape index (κ3) is 2.71. The predicted octanol–water partition coefficient (Wildman–Crippen LogP) is 1.59. The van der Waals surface area contributed by atoms with Gasteiger partial charge >= 0.3 is 0 Å². The lowest BCUT2D eigenvalue weighted by Gasteiger charge is -2.03.